The Labute approximate surface area is 189 Å². The first-order chi connectivity index (χ1) is 14.7. The van der Waals surface area contributed by atoms with Crippen molar-refractivity contribution in [3.05, 3.63) is 80.4 Å². The normalized spacial score (nSPS) is 16.7. The predicted octanol–water partition coefficient (Wildman–Crippen LogP) is 6.56. The Balaban J connectivity index is 1.48. The topological polar surface area (TPSA) is 42.2 Å². The summed E-state index contributed by atoms with van der Waals surface area (Å²) >= 11 is 1.71. The maximum Gasteiger partial charge on any atom is 0.287 e. The summed E-state index contributed by atoms with van der Waals surface area (Å²) in [5.74, 6) is 1.07. The van der Waals surface area contributed by atoms with Gasteiger partial charge in [-0.15, -0.1) is 11.3 Å². The van der Waals surface area contributed by atoms with E-state index in [0.717, 1.165) is 12.2 Å². The first-order valence-electron chi connectivity index (χ1n) is 11.2. The largest absolute Gasteiger partial charge is 0.456 e. The van der Waals surface area contributed by atoms with Crippen molar-refractivity contribution in [3.8, 4) is 0 Å². The molecule has 2 heterocycles. The van der Waals surface area contributed by atoms with Gasteiger partial charge in [0, 0.05) is 17.8 Å². The van der Waals surface area contributed by atoms with Crippen LogP contribution in [0.15, 0.2) is 46.2 Å². The average molecular weight is 436 g/mol. The van der Waals surface area contributed by atoms with Crippen molar-refractivity contribution < 1.29 is 9.21 Å². The van der Waals surface area contributed by atoms with Crippen molar-refractivity contribution in [2.45, 2.75) is 71.1 Å². The molecule has 0 saturated heterocycles. The fourth-order valence-corrected chi connectivity index (χ4v) is 5.29. The SMILES string of the molecule is Cc1cc2c(cc1Cc1ccc(C(=O)NCCc3cccs3)o1)C(C)(C)CCC2(C)C. The predicted molar refractivity (Wildman–Crippen MR) is 128 cm³/mol. The summed E-state index contributed by atoms with van der Waals surface area (Å²) in [6, 6.07) is 12.6. The molecule has 4 rings (SSSR count). The van der Waals surface area contributed by atoms with Crippen molar-refractivity contribution in [2.24, 2.45) is 0 Å². The zero-order valence-corrected chi connectivity index (χ0v) is 20.1. The van der Waals surface area contributed by atoms with Crippen molar-refractivity contribution in [2.75, 3.05) is 6.54 Å². The number of fused-ring (bicyclic) bond motifs is 1. The van der Waals surface area contributed by atoms with Crippen LogP contribution in [-0.2, 0) is 23.7 Å². The molecule has 1 N–H and O–H groups in total. The van der Waals surface area contributed by atoms with E-state index in [1.54, 1.807) is 17.4 Å². The van der Waals surface area contributed by atoms with Gasteiger partial charge in [0.1, 0.15) is 5.76 Å². The quantitative estimate of drug-likeness (QED) is 0.476. The Hall–Kier alpha value is -2.33. The second-order valence-corrected chi connectivity index (χ2v) is 11.2. The van der Waals surface area contributed by atoms with E-state index in [1.165, 1.54) is 40.0 Å². The number of aryl methyl sites for hydroxylation is 1. The molecule has 1 aliphatic rings. The Kier molecular flexibility index (Phi) is 5.87. The van der Waals surface area contributed by atoms with Gasteiger partial charge in [0.2, 0.25) is 0 Å². The molecule has 2 aromatic heterocycles. The summed E-state index contributed by atoms with van der Waals surface area (Å²) in [4.78, 5) is 13.7. The molecular formula is C27H33NO2S. The molecule has 164 valence electrons. The highest BCUT2D eigenvalue weighted by Crippen LogP contribution is 2.46. The van der Waals surface area contributed by atoms with Crippen LogP contribution in [0.25, 0.3) is 0 Å². The summed E-state index contributed by atoms with van der Waals surface area (Å²) in [5, 5.41) is 5.02. The van der Waals surface area contributed by atoms with Crippen molar-refractivity contribution in [3.63, 3.8) is 0 Å². The van der Waals surface area contributed by atoms with E-state index in [2.05, 4.69) is 63.5 Å². The summed E-state index contributed by atoms with van der Waals surface area (Å²) in [5.41, 5.74) is 5.92. The van der Waals surface area contributed by atoms with Crippen LogP contribution in [-0.4, -0.2) is 12.5 Å². The number of furan rings is 1. The minimum Gasteiger partial charge on any atom is -0.456 e. The number of carbonyl (C=O) groups excluding carboxylic acids is 1. The molecule has 0 radical (unpaired) electrons. The lowest BCUT2D eigenvalue weighted by atomic mass is 9.62. The summed E-state index contributed by atoms with van der Waals surface area (Å²) in [6.07, 6.45) is 3.97. The molecule has 1 amide bonds. The molecule has 0 saturated carbocycles. The van der Waals surface area contributed by atoms with Crippen LogP contribution in [0.2, 0.25) is 0 Å². The zero-order valence-electron chi connectivity index (χ0n) is 19.3. The summed E-state index contributed by atoms with van der Waals surface area (Å²) in [6.45, 7) is 12.2. The monoisotopic (exact) mass is 435 g/mol. The third-order valence-corrected chi connectivity index (χ3v) is 7.73. The molecule has 1 aromatic carbocycles. The second kappa shape index (κ2) is 8.31. The molecule has 31 heavy (non-hydrogen) atoms. The van der Waals surface area contributed by atoms with Crippen molar-refractivity contribution >= 4 is 17.2 Å². The van der Waals surface area contributed by atoms with E-state index in [0.29, 0.717) is 18.7 Å². The van der Waals surface area contributed by atoms with Gasteiger partial charge < -0.3 is 9.73 Å². The molecule has 1 aliphatic carbocycles. The van der Waals surface area contributed by atoms with Crippen LogP contribution in [0.1, 0.15) is 84.0 Å². The lowest BCUT2D eigenvalue weighted by Gasteiger charge is -2.42. The van der Waals surface area contributed by atoms with Crippen molar-refractivity contribution in [1.82, 2.24) is 5.32 Å². The number of amides is 1. The second-order valence-electron chi connectivity index (χ2n) is 10.1. The van der Waals surface area contributed by atoms with Gasteiger partial charge in [0.05, 0.1) is 0 Å². The first-order valence-corrected chi connectivity index (χ1v) is 12.1. The molecule has 0 aliphatic heterocycles. The van der Waals surface area contributed by atoms with E-state index in [9.17, 15) is 4.79 Å². The smallest absolute Gasteiger partial charge is 0.287 e. The summed E-state index contributed by atoms with van der Waals surface area (Å²) in [7, 11) is 0. The van der Waals surface area contributed by atoms with E-state index in [4.69, 9.17) is 4.42 Å². The molecule has 4 heteroatoms. The minimum atomic E-state index is -0.146. The lowest BCUT2D eigenvalue weighted by molar-refractivity contribution is 0.0925. The highest BCUT2D eigenvalue weighted by Gasteiger charge is 2.37. The fraction of sp³-hybridized carbons (Fsp3) is 0.444. The standard InChI is InChI=1S/C27H33NO2S/c1-18-15-22-23(27(4,5)12-11-26(22,2)3)17-19(18)16-20-8-9-24(30-20)25(29)28-13-10-21-7-6-14-31-21/h6-9,14-15,17H,10-13,16H2,1-5H3,(H,28,29). The van der Waals surface area contributed by atoms with Crippen LogP contribution < -0.4 is 5.32 Å². The van der Waals surface area contributed by atoms with Crippen LogP contribution in [0.4, 0.5) is 0 Å². The zero-order chi connectivity index (χ0) is 22.2. The number of thiophene rings is 1. The molecule has 0 spiro atoms. The lowest BCUT2D eigenvalue weighted by Crippen LogP contribution is -2.34. The Morgan fingerprint density at radius 3 is 2.45 bits per heavy atom. The molecule has 3 nitrogen and oxygen atoms in total. The van der Waals surface area contributed by atoms with E-state index in [1.807, 2.05) is 12.1 Å². The molecule has 0 fully saturated rings. The number of rotatable bonds is 6. The fourth-order valence-electron chi connectivity index (χ4n) is 4.58. The molecular weight excluding hydrogens is 402 g/mol. The van der Waals surface area contributed by atoms with Gasteiger partial charge in [-0.25, -0.2) is 0 Å². The van der Waals surface area contributed by atoms with Crippen LogP contribution in [0.3, 0.4) is 0 Å². The van der Waals surface area contributed by atoms with Gasteiger partial charge in [-0.1, -0.05) is 45.9 Å². The summed E-state index contributed by atoms with van der Waals surface area (Å²) < 4.78 is 5.92. The number of benzene rings is 1. The van der Waals surface area contributed by atoms with Gasteiger partial charge >= 0.3 is 0 Å². The molecule has 3 aromatic rings. The maximum atomic E-state index is 12.5. The first kappa shape index (κ1) is 21.9. The van der Waals surface area contributed by atoms with Gasteiger partial charge in [-0.2, -0.15) is 0 Å². The Morgan fingerprint density at radius 1 is 1.06 bits per heavy atom. The molecule has 0 bridgehead atoms. The number of nitrogens with one attached hydrogen (secondary N) is 1. The number of hydrogen-bond donors (Lipinski definition) is 1. The number of hydrogen-bond acceptors (Lipinski definition) is 3. The van der Waals surface area contributed by atoms with Gasteiger partial charge in [-0.05, 0) is 82.8 Å². The van der Waals surface area contributed by atoms with Gasteiger partial charge in [0.15, 0.2) is 5.76 Å². The Bertz CT molecular complexity index is 1070. The van der Waals surface area contributed by atoms with E-state index in [-0.39, 0.29) is 16.7 Å². The minimum absolute atomic E-state index is 0.146. The Morgan fingerprint density at radius 2 is 1.77 bits per heavy atom. The highest BCUT2D eigenvalue weighted by molar-refractivity contribution is 7.09. The van der Waals surface area contributed by atoms with Gasteiger partial charge in [0.25, 0.3) is 5.91 Å². The van der Waals surface area contributed by atoms with Gasteiger partial charge in [-0.3, -0.25) is 4.79 Å². The molecule has 0 unspecified atom stereocenters. The molecule has 0 atom stereocenters. The highest BCUT2D eigenvalue weighted by atomic mass is 32.1. The van der Waals surface area contributed by atoms with E-state index >= 15 is 0 Å². The third kappa shape index (κ3) is 4.64. The van der Waals surface area contributed by atoms with E-state index < -0.39 is 0 Å². The van der Waals surface area contributed by atoms with Crippen LogP contribution in [0.5, 0.6) is 0 Å². The number of carbonyl (C=O) groups is 1. The van der Waals surface area contributed by atoms with Crippen LogP contribution >= 0.6 is 11.3 Å². The van der Waals surface area contributed by atoms with Crippen molar-refractivity contribution in [1.29, 1.82) is 0 Å². The average Bonchev–Trinajstić information content (AvgIpc) is 3.39. The van der Waals surface area contributed by atoms with Crippen LogP contribution in [0, 0.1) is 6.92 Å². The third-order valence-electron chi connectivity index (χ3n) is 6.80. The maximum absolute atomic E-state index is 12.5.